The van der Waals surface area contributed by atoms with Gasteiger partial charge in [0.25, 0.3) is 0 Å². The molecule has 1 aromatic carbocycles. The van der Waals surface area contributed by atoms with Crippen LogP contribution < -0.4 is 5.46 Å². The van der Waals surface area contributed by atoms with E-state index in [1.165, 1.54) is 17.7 Å². The molecular weight excluding hydrogens is 231 g/mol. The fraction of sp³-hybridized carbons (Fsp3) is 0.538. The van der Waals surface area contributed by atoms with E-state index in [9.17, 15) is 0 Å². The zero-order valence-electron chi connectivity index (χ0n) is 10.1. The van der Waals surface area contributed by atoms with Gasteiger partial charge in [0, 0.05) is 4.90 Å². The molecule has 2 aliphatic rings. The molecule has 1 aliphatic carbocycles. The van der Waals surface area contributed by atoms with E-state index < -0.39 is 0 Å². The fourth-order valence-electron chi connectivity index (χ4n) is 2.64. The predicted molar refractivity (Wildman–Crippen MR) is 71.8 cm³/mol. The van der Waals surface area contributed by atoms with E-state index in [4.69, 9.17) is 9.31 Å². The van der Waals surface area contributed by atoms with E-state index in [2.05, 4.69) is 30.5 Å². The maximum absolute atomic E-state index is 6.00. The molecule has 1 aliphatic heterocycles. The van der Waals surface area contributed by atoms with E-state index in [1.54, 1.807) is 11.8 Å². The van der Waals surface area contributed by atoms with Gasteiger partial charge in [0.15, 0.2) is 0 Å². The number of thioether (sulfide) groups is 1. The maximum atomic E-state index is 6.00. The van der Waals surface area contributed by atoms with Crippen molar-refractivity contribution in [3.05, 3.63) is 24.3 Å². The number of rotatable bonds is 2. The van der Waals surface area contributed by atoms with Crippen LogP contribution in [0.3, 0.4) is 0 Å². The van der Waals surface area contributed by atoms with Crippen molar-refractivity contribution in [2.45, 2.75) is 42.8 Å². The van der Waals surface area contributed by atoms with Crippen LogP contribution in [0, 0.1) is 0 Å². The molecule has 0 unspecified atom stereocenters. The van der Waals surface area contributed by atoms with E-state index >= 15 is 0 Å². The molecule has 0 radical (unpaired) electrons. The van der Waals surface area contributed by atoms with Gasteiger partial charge in [-0.25, -0.2) is 0 Å². The van der Waals surface area contributed by atoms with E-state index in [1.807, 2.05) is 0 Å². The van der Waals surface area contributed by atoms with Crippen LogP contribution in [0.5, 0.6) is 0 Å². The first-order valence-electron chi connectivity index (χ1n) is 6.32. The maximum Gasteiger partial charge on any atom is 0.494 e. The zero-order chi connectivity index (χ0) is 11.7. The molecule has 0 N–H and O–H groups in total. The largest absolute Gasteiger partial charge is 0.494 e. The number of fused-ring (bicyclic) bond motifs is 1. The Morgan fingerprint density at radius 3 is 2.18 bits per heavy atom. The highest BCUT2D eigenvalue weighted by Gasteiger charge is 2.41. The van der Waals surface area contributed by atoms with Crippen molar-refractivity contribution >= 4 is 24.3 Å². The van der Waals surface area contributed by atoms with Crippen molar-refractivity contribution in [2.75, 3.05) is 6.26 Å². The minimum atomic E-state index is -0.140. The SMILES string of the molecule is CSc1ccc(B2O[C@H]3CCCC[C@H]3O2)cc1. The summed E-state index contributed by atoms with van der Waals surface area (Å²) in [6.07, 6.45) is 7.62. The molecule has 1 saturated carbocycles. The van der Waals surface area contributed by atoms with Gasteiger partial charge in [0.1, 0.15) is 0 Å². The zero-order valence-corrected chi connectivity index (χ0v) is 10.9. The van der Waals surface area contributed by atoms with Crippen molar-refractivity contribution < 1.29 is 9.31 Å². The normalized spacial score (nSPS) is 28.2. The first-order valence-corrected chi connectivity index (χ1v) is 7.54. The molecule has 2 atom stereocenters. The molecule has 4 heteroatoms. The number of hydrogen-bond donors (Lipinski definition) is 0. The van der Waals surface area contributed by atoms with E-state index in [-0.39, 0.29) is 7.12 Å². The second-order valence-corrected chi connectivity index (χ2v) is 5.62. The summed E-state index contributed by atoms with van der Waals surface area (Å²) < 4.78 is 12.0. The molecule has 17 heavy (non-hydrogen) atoms. The molecule has 0 bridgehead atoms. The summed E-state index contributed by atoms with van der Waals surface area (Å²) in [5, 5.41) is 0. The van der Waals surface area contributed by atoms with Crippen molar-refractivity contribution in [3.63, 3.8) is 0 Å². The first kappa shape index (κ1) is 11.6. The van der Waals surface area contributed by atoms with Crippen LogP contribution in [0.1, 0.15) is 25.7 Å². The summed E-state index contributed by atoms with van der Waals surface area (Å²) in [5.41, 5.74) is 1.15. The molecule has 2 nitrogen and oxygen atoms in total. The van der Waals surface area contributed by atoms with Crippen molar-refractivity contribution in [2.24, 2.45) is 0 Å². The summed E-state index contributed by atoms with van der Waals surface area (Å²) in [5.74, 6) is 0. The predicted octanol–water partition coefficient (Wildman–Crippen LogP) is 2.46. The summed E-state index contributed by atoms with van der Waals surface area (Å²) in [7, 11) is -0.140. The Labute approximate surface area is 107 Å². The second-order valence-electron chi connectivity index (χ2n) is 4.74. The lowest BCUT2D eigenvalue weighted by Crippen LogP contribution is -2.32. The molecule has 1 heterocycles. The highest BCUT2D eigenvalue weighted by Crippen LogP contribution is 2.29. The van der Waals surface area contributed by atoms with Crippen LogP contribution in [0.2, 0.25) is 0 Å². The van der Waals surface area contributed by atoms with Gasteiger partial charge in [-0.3, -0.25) is 0 Å². The summed E-state index contributed by atoms with van der Waals surface area (Å²) >= 11 is 1.76. The van der Waals surface area contributed by atoms with Gasteiger partial charge in [-0.2, -0.15) is 0 Å². The van der Waals surface area contributed by atoms with Crippen LogP contribution in [-0.2, 0) is 9.31 Å². The van der Waals surface area contributed by atoms with Crippen LogP contribution in [-0.4, -0.2) is 25.6 Å². The minimum Gasteiger partial charge on any atom is -0.402 e. The van der Waals surface area contributed by atoms with Gasteiger partial charge in [0.05, 0.1) is 12.2 Å². The molecule has 3 rings (SSSR count). The molecule has 1 saturated heterocycles. The Bertz CT molecular complexity index is 368. The summed E-state index contributed by atoms with van der Waals surface area (Å²) in [6.45, 7) is 0. The van der Waals surface area contributed by atoms with Gasteiger partial charge in [-0.15, -0.1) is 11.8 Å². The molecule has 0 spiro atoms. The van der Waals surface area contributed by atoms with Crippen molar-refractivity contribution in [1.29, 1.82) is 0 Å². The lowest BCUT2D eigenvalue weighted by molar-refractivity contribution is 0.110. The molecule has 90 valence electrons. The third kappa shape index (κ3) is 2.39. The topological polar surface area (TPSA) is 18.5 Å². The molecule has 1 aromatic rings. The van der Waals surface area contributed by atoms with Gasteiger partial charge in [-0.1, -0.05) is 25.0 Å². The molecule has 0 aromatic heterocycles. The Morgan fingerprint density at radius 1 is 1.06 bits per heavy atom. The molecule has 0 amide bonds. The molecule has 2 fully saturated rings. The smallest absolute Gasteiger partial charge is 0.402 e. The Kier molecular flexibility index (Phi) is 3.45. The third-order valence-electron chi connectivity index (χ3n) is 3.63. The Hall–Kier alpha value is -0.445. The highest BCUT2D eigenvalue weighted by molar-refractivity contribution is 7.98. The van der Waals surface area contributed by atoms with Gasteiger partial charge in [-0.05, 0) is 36.7 Å². The van der Waals surface area contributed by atoms with Gasteiger partial charge < -0.3 is 9.31 Å². The second kappa shape index (κ2) is 5.05. The van der Waals surface area contributed by atoms with Crippen LogP contribution in [0.4, 0.5) is 0 Å². The van der Waals surface area contributed by atoms with Crippen LogP contribution in [0.15, 0.2) is 29.2 Å². The van der Waals surface area contributed by atoms with E-state index in [0.29, 0.717) is 12.2 Å². The third-order valence-corrected chi connectivity index (χ3v) is 4.37. The van der Waals surface area contributed by atoms with Gasteiger partial charge >= 0.3 is 7.12 Å². The van der Waals surface area contributed by atoms with Crippen LogP contribution in [0.25, 0.3) is 0 Å². The minimum absolute atomic E-state index is 0.140. The number of benzene rings is 1. The van der Waals surface area contributed by atoms with Crippen molar-refractivity contribution in [3.8, 4) is 0 Å². The fourth-order valence-corrected chi connectivity index (χ4v) is 3.05. The van der Waals surface area contributed by atoms with Gasteiger partial charge in [0.2, 0.25) is 0 Å². The molecular formula is C13H17BO2S. The lowest BCUT2D eigenvalue weighted by atomic mass is 9.79. The van der Waals surface area contributed by atoms with E-state index in [0.717, 1.165) is 18.3 Å². The van der Waals surface area contributed by atoms with Crippen molar-refractivity contribution in [1.82, 2.24) is 0 Å². The first-order chi connectivity index (χ1) is 8.36. The highest BCUT2D eigenvalue weighted by atomic mass is 32.2. The summed E-state index contributed by atoms with van der Waals surface area (Å²) in [4.78, 5) is 1.28. The Morgan fingerprint density at radius 2 is 1.65 bits per heavy atom. The number of hydrogen-bond acceptors (Lipinski definition) is 3. The van der Waals surface area contributed by atoms with Crippen LogP contribution >= 0.6 is 11.8 Å². The quantitative estimate of drug-likeness (QED) is 0.591. The monoisotopic (exact) mass is 248 g/mol. The summed E-state index contributed by atoms with van der Waals surface area (Å²) in [6, 6.07) is 8.51. The Balaban J connectivity index is 1.72. The lowest BCUT2D eigenvalue weighted by Gasteiger charge is -2.22. The standard InChI is InChI=1S/C13H17BO2S/c1-17-11-8-6-10(7-9-11)14-15-12-4-2-3-5-13(12)16-14/h6-9,12-13H,2-5H2,1H3/t12-,13+. The average Bonchev–Trinajstić information content (AvgIpc) is 2.82. The average molecular weight is 248 g/mol.